The van der Waals surface area contributed by atoms with Gasteiger partial charge in [-0.1, -0.05) is 6.92 Å². The van der Waals surface area contributed by atoms with Crippen molar-refractivity contribution in [1.29, 1.82) is 0 Å². The van der Waals surface area contributed by atoms with E-state index in [1.54, 1.807) is 0 Å². The number of rotatable bonds is 5. The molecular formula is C12H19N3O3. The van der Waals surface area contributed by atoms with E-state index in [0.717, 1.165) is 6.42 Å². The molecule has 0 fully saturated rings. The van der Waals surface area contributed by atoms with Crippen molar-refractivity contribution in [2.24, 2.45) is 0 Å². The summed E-state index contributed by atoms with van der Waals surface area (Å²) in [5, 5.41) is 13.9. The molecule has 6 heteroatoms. The molecular weight excluding hydrogens is 234 g/mol. The molecule has 1 aromatic rings. The van der Waals surface area contributed by atoms with Crippen LogP contribution in [0.5, 0.6) is 5.88 Å². The molecule has 1 N–H and O–H groups in total. The number of aromatic nitrogens is 1. The number of nitro groups is 1. The van der Waals surface area contributed by atoms with E-state index in [-0.39, 0.29) is 11.6 Å². The number of nitrogens with one attached hydrogen (secondary N) is 1. The first-order chi connectivity index (χ1) is 8.31. The minimum Gasteiger partial charge on any atom is -0.472 e. The summed E-state index contributed by atoms with van der Waals surface area (Å²) in [6.45, 7) is 8.33. The maximum atomic E-state index is 10.8. The first-order valence-electron chi connectivity index (χ1n) is 5.91. The minimum absolute atomic E-state index is 0.0251. The van der Waals surface area contributed by atoms with Crippen molar-refractivity contribution < 1.29 is 9.66 Å². The van der Waals surface area contributed by atoms with Gasteiger partial charge >= 0.3 is 0 Å². The third-order valence-corrected chi connectivity index (χ3v) is 1.96. The van der Waals surface area contributed by atoms with Crippen LogP contribution >= 0.6 is 0 Å². The number of anilines is 1. The molecule has 18 heavy (non-hydrogen) atoms. The van der Waals surface area contributed by atoms with Crippen molar-refractivity contribution in [3.8, 4) is 5.88 Å². The number of ether oxygens (including phenoxy) is 1. The van der Waals surface area contributed by atoms with Gasteiger partial charge < -0.3 is 10.1 Å². The number of pyridine rings is 1. The molecule has 1 aromatic heterocycles. The van der Waals surface area contributed by atoms with Gasteiger partial charge in [-0.15, -0.1) is 0 Å². The maximum Gasteiger partial charge on any atom is 0.278 e. The standard InChI is InChI=1S/C12H19N3O3/c1-5-6-13-10-7-9(15(16)17)8-11(14-10)18-12(2,3)4/h7-8H,5-6H2,1-4H3,(H,13,14). The van der Waals surface area contributed by atoms with Gasteiger partial charge in [0, 0.05) is 6.54 Å². The summed E-state index contributed by atoms with van der Waals surface area (Å²) < 4.78 is 5.56. The van der Waals surface area contributed by atoms with E-state index >= 15 is 0 Å². The van der Waals surface area contributed by atoms with E-state index in [0.29, 0.717) is 12.4 Å². The van der Waals surface area contributed by atoms with Crippen LogP contribution in [0.1, 0.15) is 34.1 Å². The fraction of sp³-hybridized carbons (Fsp3) is 0.583. The summed E-state index contributed by atoms with van der Waals surface area (Å²) in [6, 6.07) is 2.74. The largest absolute Gasteiger partial charge is 0.472 e. The summed E-state index contributed by atoms with van der Waals surface area (Å²) in [5.41, 5.74) is -0.465. The molecule has 1 heterocycles. The normalized spacial score (nSPS) is 11.1. The molecule has 0 saturated carbocycles. The topological polar surface area (TPSA) is 77.3 Å². The number of nitrogens with zero attached hydrogens (tertiary/aromatic N) is 2. The molecule has 0 aliphatic rings. The Morgan fingerprint density at radius 1 is 1.44 bits per heavy atom. The Morgan fingerprint density at radius 3 is 2.61 bits per heavy atom. The van der Waals surface area contributed by atoms with Crippen LogP contribution in [0.3, 0.4) is 0 Å². The highest BCUT2D eigenvalue weighted by molar-refractivity contribution is 5.48. The van der Waals surface area contributed by atoms with Gasteiger partial charge in [0.1, 0.15) is 11.4 Å². The van der Waals surface area contributed by atoms with Crippen LogP contribution in [0, 0.1) is 10.1 Å². The zero-order valence-corrected chi connectivity index (χ0v) is 11.2. The Morgan fingerprint density at radius 2 is 2.11 bits per heavy atom. The third-order valence-electron chi connectivity index (χ3n) is 1.96. The lowest BCUT2D eigenvalue weighted by atomic mass is 10.2. The van der Waals surface area contributed by atoms with Crippen LogP contribution in [0.4, 0.5) is 11.5 Å². The van der Waals surface area contributed by atoms with Gasteiger partial charge in [-0.3, -0.25) is 10.1 Å². The fourth-order valence-electron chi connectivity index (χ4n) is 1.31. The molecule has 0 radical (unpaired) electrons. The van der Waals surface area contributed by atoms with E-state index in [4.69, 9.17) is 4.74 Å². The van der Waals surface area contributed by atoms with Crippen molar-refractivity contribution in [3.63, 3.8) is 0 Å². The Labute approximate surface area is 107 Å². The van der Waals surface area contributed by atoms with Crippen LogP contribution in [-0.2, 0) is 0 Å². The van der Waals surface area contributed by atoms with Gasteiger partial charge in [0.05, 0.1) is 17.1 Å². The molecule has 0 bridgehead atoms. The highest BCUT2D eigenvalue weighted by Gasteiger charge is 2.17. The molecule has 0 amide bonds. The predicted octanol–water partition coefficient (Wildman–Crippen LogP) is 2.99. The summed E-state index contributed by atoms with van der Waals surface area (Å²) >= 11 is 0. The van der Waals surface area contributed by atoms with E-state index in [1.165, 1.54) is 12.1 Å². The van der Waals surface area contributed by atoms with Crippen LogP contribution in [0.15, 0.2) is 12.1 Å². The Balaban J connectivity index is 3.02. The van der Waals surface area contributed by atoms with Crippen LogP contribution < -0.4 is 10.1 Å². The number of hydrogen-bond acceptors (Lipinski definition) is 5. The Bertz CT molecular complexity index is 427. The second-order valence-corrected chi connectivity index (χ2v) is 4.95. The monoisotopic (exact) mass is 253 g/mol. The van der Waals surface area contributed by atoms with Crippen molar-refractivity contribution in [2.75, 3.05) is 11.9 Å². The lowest BCUT2D eigenvalue weighted by Crippen LogP contribution is -2.23. The average Bonchev–Trinajstić information content (AvgIpc) is 2.23. The first kappa shape index (κ1) is 14.2. The molecule has 0 aliphatic heterocycles. The quantitative estimate of drug-likeness (QED) is 0.644. The number of hydrogen-bond donors (Lipinski definition) is 1. The van der Waals surface area contributed by atoms with E-state index in [9.17, 15) is 10.1 Å². The summed E-state index contributed by atoms with van der Waals surface area (Å²) in [5.74, 6) is 0.723. The Kier molecular flexibility index (Phi) is 4.47. The molecule has 0 aromatic carbocycles. The van der Waals surface area contributed by atoms with Gasteiger partial charge in [0.15, 0.2) is 0 Å². The Hall–Kier alpha value is -1.85. The predicted molar refractivity (Wildman–Crippen MR) is 70.1 cm³/mol. The van der Waals surface area contributed by atoms with Crippen molar-refractivity contribution in [2.45, 2.75) is 39.7 Å². The molecule has 1 rings (SSSR count). The van der Waals surface area contributed by atoms with Gasteiger partial charge in [0.25, 0.3) is 5.69 Å². The highest BCUT2D eigenvalue weighted by atomic mass is 16.6. The van der Waals surface area contributed by atoms with Crippen molar-refractivity contribution in [1.82, 2.24) is 4.98 Å². The average molecular weight is 253 g/mol. The smallest absolute Gasteiger partial charge is 0.278 e. The van der Waals surface area contributed by atoms with Gasteiger partial charge in [-0.2, -0.15) is 4.98 Å². The summed E-state index contributed by atoms with van der Waals surface area (Å²) in [6.07, 6.45) is 0.917. The lowest BCUT2D eigenvalue weighted by molar-refractivity contribution is -0.384. The molecule has 0 atom stereocenters. The van der Waals surface area contributed by atoms with Crippen LogP contribution in [0.25, 0.3) is 0 Å². The molecule has 0 spiro atoms. The zero-order chi connectivity index (χ0) is 13.8. The maximum absolute atomic E-state index is 10.8. The van der Waals surface area contributed by atoms with E-state index in [2.05, 4.69) is 10.3 Å². The van der Waals surface area contributed by atoms with Gasteiger partial charge in [-0.25, -0.2) is 0 Å². The minimum atomic E-state index is -0.450. The van der Waals surface area contributed by atoms with E-state index in [1.807, 2.05) is 27.7 Å². The summed E-state index contributed by atoms with van der Waals surface area (Å²) in [7, 11) is 0. The van der Waals surface area contributed by atoms with Gasteiger partial charge in [-0.05, 0) is 27.2 Å². The lowest BCUT2D eigenvalue weighted by Gasteiger charge is -2.20. The van der Waals surface area contributed by atoms with Gasteiger partial charge in [0.2, 0.25) is 5.88 Å². The molecule has 100 valence electrons. The summed E-state index contributed by atoms with van der Waals surface area (Å²) in [4.78, 5) is 14.6. The fourth-order valence-corrected chi connectivity index (χ4v) is 1.31. The van der Waals surface area contributed by atoms with Crippen molar-refractivity contribution >= 4 is 11.5 Å². The van der Waals surface area contributed by atoms with E-state index < -0.39 is 10.5 Å². The third kappa shape index (κ3) is 4.57. The zero-order valence-electron chi connectivity index (χ0n) is 11.2. The van der Waals surface area contributed by atoms with Crippen LogP contribution in [0.2, 0.25) is 0 Å². The molecule has 6 nitrogen and oxygen atoms in total. The first-order valence-corrected chi connectivity index (χ1v) is 5.91. The molecule has 0 saturated heterocycles. The molecule has 0 unspecified atom stereocenters. The highest BCUT2D eigenvalue weighted by Crippen LogP contribution is 2.24. The molecule has 0 aliphatic carbocycles. The van der Waals surface area contributed by atoms with Crippen LogP contribution in [-0.4, -0.2) is 22.1 Å². The second kappa shape index (κ2) is 5.66. The second-order valence-electron chi connectivity index (χ2n) is 4.95. The van der Waals surface area contributed by atoms with Crippen molar-refractivity contribution in [3.05, 3.63) is 22.2 Å². The SMILES string of the molecule is CCCNc1cc([N+](=O)[O-])cc(OC(C)(C)C)n1.